The molecule has 2 aromatic heterocycles. The topological polar surface area (TPSA) is 33.2 Å². The molecule has 4 nitrogen and oxygen atoms in total. The van der Waals surface area contributed by atoms with Crippen LogP contribution in [0.25, 0.3) is 0 Å². The molecule has 0 radical (unpaired) electrons. The second kappa shape index (κ2) is 4.36. The van der Waals surface area contributed by atoms with Crippen molar-refractivity contribution in [3.05, 3.63) is 82.3 Å². The molecular formula is C18H12N2O2S+2. The average Bonchev–Trinajstić information content (AvgIpc) is 3.25. The number of rotatable bonds is 1. The van der Waals surface area contributed by atoms with Gasteiger partial charge in [-0.1, -0.05) is 27.3 Å². The van der Waals surface area contributed by atoms with Crippen molar-refractivity contribution >= 4 is 29.2 Å². The largest absolute Gasteiger partial charge is 0.567 e. The van der Waals surface area contributed by atoms with Crippen LogP contribution in [0.1, 0.15) is 20.9 Å². The molecule has 4 heterocycles. The van der Waals surface area contributed by atoms with E-state index >= 15 is 0 Å². The molecule has 1 atom stereocenters. The van der Waals surface area contributed by atoms with Gasteiger partial charge < -0.3 is 4.74 Å². The number of hydrogen-bond donors (Lipinski definition) is 0. The molecule has 1 aromatic carbocycles. The van der Waals surface area contributed by atoms with E-state index in [1.807, 2.05) is 69.4 Å². The number of carbonyl (C=O) groups excluding carboxylic acids is 1. The quantitative estimate of drug-likeness (QED) is 0.510. The molecule has 3 aromatic rings. The number of ether oxygens (including phenoxy) is 1. The molecule has 0 N–H and O–H groups in total. The summed E-state index contributed by atoms with van der Waals surface area (Å²) in [5, 5.41) is 2.03. The van der Waals surface area contributed by atoms with Crippen LogP contribution >= 0.6 is 11.3 Å². The lowest BCUT2D eigenvalue weighted by Gasteiger charge is -2.14. The van der Waals surface area contributed by atoms with E-state index in [0.29, 0.717) is 5.69 Å². The number of para-hydroxylation sites is 1. The van der Waals surface area contributed by atoms with Crippen molar-refractivity contribution in [2.75, 3.05) is 0 Å². The lowest BCUT2D eigenvalue weighted by atomic mass is 10.2. The highest BCUT2D eigenvalue weighted by atomic mass is 32.1. The summed E-state index contributed by atoms with van der Waals surface area (Å²) in [5.41, 5.74) is 2.62. The molecular weight excluding hydrogens is 308 g/mol. The van der Waals surface area contributed by atoms with Crippen LogP contribution in [0.3, 0.4) is 0 Å². The van der Waals surface area contributed by atoms with Crippen molar-refractivity contribution in [2.24, 2.45) is 0 Å². The third-order valence-electron chi connectivity index (χ3n) is 4.25. The van der Waals surface area contributed by atoms with E-state index in [4.69, 9.17) is 4.74 Å². The lowest BCUT2D eigenvalue weighted by Crippen LogP contribution is -2.59. The van der Waals surface area contributed by atoms with E-state index in [1.165, 1.54) is 0 Å². The maximum absolute atomic E-state index is 12.5. The Labute approximate surface area is 136 Å². The second-order valence-corrected chi connectivity index (χ2v) is 6.41. The van der Waals surface area contributed by atoms with Crippen LogP contribution in [0.4, 0.5) is 5.69 Å². The molecule has 110 valence electrons. The van der Waals surface area contributed by atoms with Crippen molar-refractivity contribution < 1.29 is 18.7 Å². The van der Waals surface area contributed by atoms with Gasteiger partial charge in [-0.15, -0.1) is 11.3 Å². The number of thiophene rings is 1. The maximum Gasteiger partial charge on any atom is 0.567 e. The van der Waals surface area contributed by atoms with Crippen molar-refractivity contribution in [3.63, 3.8) is 0 Å². The number of hydrogen-bond acceptors (Lipinski definition) is 3. The fraction of sp³-hybridized carbons (Fsp3) is 0.0556. The number of aromatic nitrogens is 1. The van der Waals surface area contributed by atoms with Crippen molar-refractivity contribution in [3.8, 4) is 0 Å². The summed E-state index contributed by atoms with van der Waals surface area (Å²) >= 11 is 1.60. The summed E-state index contributed by atoms with van der Waals surface area (Å²) < 4.78 is 9.91. The predicted octanol–water partition coefficient (Wildman–Crippen LogP) is 2.64. The molecule has 0 fully saturated rings. The van der Waals surface area contributed by atoms with Crippen LogP contribution in [0, 0.1) is 0 Å². The summed E-state index contributed by atoms with van der Waals surface area (Å²) in [4.78, 5) is 13.5. The summed E-state index contributed by atoms with van der Waals surface area (Å²) in [7, 11) is 0. The van der Waals surface area contributed by atoms with Crippen molar-refractivity contribution in [2.45, 2.75) is 5.85 Å². The van der Waals surface area contributed by atoms with Gasteiger partial charge in [-0.25, -0.2) is 4.79 Å². The number of carbonyl (C=O) groups is 1. The highest BCUT2D eigenvalue weighted by Crippen LogP contribution is 2.41. The maximum atomic E-state index is 12.5. The fourth-order valence-electron chi connectivity index (χ4n) is 3.29. The highest BCUT2D eigenvalue weighted by Gasteiger charge is 2.70. The van der Waals surface area contributed by atoms with Gasteiger partial charge in [0.25, 0.3) is 0 Å². The van der Waals surface area contributed by atoms with E-state index < -0.39 is 5.85 Å². The zero-order valence-corrected chi connectivity index (χ0v) is 12.9. The first kappa shape index (κ1) is 12.7. The molecule has 0 amide bonds. The molecule has 5 heteroatoms. The van der Waals surface area contributed by atoms with Gasteiger partial charge in [-0.3, -0.25) is 0 Å². The number of fused-ring (bicyclic) bond motifs is 4. The Morgan fingerprint density at radius 1 is 1.00 bits per heavy atom. The van der Waals surface area contributed by atoms with Gasteiger partial charge in [0.2, 0.25) is 10.6 Å². The Morgan fingerprint density at radius 2 is 1.83 bits per heavy atom. The number of nitrogens with zero attached hydrogens (tertiary/aromatic N) is 2. The summed E-state index contributed by atoms with van der Waals surface area (Å²) in [6.45, 7) is 0. The molecule has 0 saturated carbocycles. The predicted molar refractivity (Wildman–Crippen MR) is 85.0 cm³/mol. The monoisotopic (exact) mass is 320 g/mol. The van der Waals surface area contributed by atoms with Crippen LogP contribution in [0.2, 0.25) is 0 Å². The van der Waals surface area contributed by atoms with Crippen LogP contribution < -0.4 is 4.57 Å². The van der Waals surface area contributed by atoms with Crippen LogP contribution in [-0.2, 0) is 10.6 Å². The zero-order valence-electron chi connectivity index (χ0n) is 12.0. The number of pyridine rings is 1. The third kappa shape index (κ3) is 1.52. The van der Waals surface area contributed by atoms with Gasteiger partial charge in [0.05, 0.1) is 5.56 Å². The Kier molecular flexibility index (Phi) is 2.41. The standard InChI is InChI=1S/C18H12N2O2S/c21-17-15-8-4-5-10-19(15)18(22-17)16-13(9-11-23-16)12-20(18)14-6-2-1-3-7-14/h1-12H/q+2. The van der Waals surface area contributed by atoms with Gasteiger partial charge in [0.15, 0.2) is 12.4 Å². The molecule has 1 unspecified atom stereocenters. The van der Waals surface area contributed by atoms with Crippen molar-refractivity contribution in [1.82, 2.24) is 0 Å². The Bertz CT molecular complexity index is 977. The molecule has 2 aliphatic heterocycles. The van der Waals surface area contributed by atoms with Gasteiger partial charge in [0, 0.05) is 24.3 Å². The SMILES string of the molecule is O=C1OC2(c3sccc3C=[N+]2c2ccccc2)[n+]2ccccc21. The minimum absolute atomic E-state index is 0.304. The van der Waals surface area contributed by atoms with E-state index in [2.05, 4.69) is 6.07 Å². The molecule has 0 aliphatic carbocycles. The molecule has 0 bridgehead atoms. The molecule has 2 aliphatic rings. The first-order valence-corrected chi connectivity index (χ1v) is 8.20. The fourth-order valence-corrected chi connectivity index (χ4v) is 4.28. The molecule has 1 spiro atoms. The Morgan fingerprint density at radius 3 is 2.70 bits per heavy atom. The summed E-state index contributed by atoms with van der Waals surface area (Å²) in [6, 6.07) is 17.6. The molecule has 23 heavy (non-hydrogen) atoms. The normalized spacial score (nSPS) is 21.0. The number of esters is 1. The second-order valence-electron chi connectivity index (χ2n) is 5.49. The Hall–Kier alpha value is -2.79. The number of benzene rings is 1. The van der Waals surface area contributed by atoms with E-state index in [9.17, 15) is 4.79 Å². The molecule has 5 rings (SSSR count). The third-order valence-corrected chi connectivity index (χ3v) is 5.26. The van der Waals surface area contributed by atoms with E-state index in [1.54, 1.807) is 17.4 Å². The first-order valence-electron chi connectivity index (χ1n) is 7.32. The van der Waals surface area contributed by atoms with E-state index in [0.717, 1.165) is 16.1 Å². The van der Waals surface area contributed by atoms with Gasteiger partial charge in [-0.2, -0.15) is 0 Å². The highest BCUT2D eigenvalue weighted by molar-refractivity contribution is 7.10. The summed E-state index contributed by atoms with van der Waals surface area (Å²) in [6.07, 6.45) is 3.95. The first-order chi connectivity index (χ1) is 11.3. The van der Waals surface area contributed by atoms with Crippen LogP contribution in [-0.4, -0.2) is 16.8 Å². The lowest BCUT2D eigenvalue weighted by molar-refractivity contribution is -0.926. The average molecular weight is 320 g/mol. The smallest absolute Gasteiger partial charge is 0.330 e. The van der Waals surface area contributed by atoms with Gasteiger partial charge in [-0.05, 0) is 17.5 Å². The van der Waals surface area contributed by atoms with Crippen LogP contribution in [0.5, 0.6) is 0 Å². The zero-order chi connectivity index (χ0) is 15.4. The minimum atomic E-state index is -0.960. The Balaban J connectivity index is 1.85. The van der Waals surface area contributed by atoms with Gasteiger partial charge >= 0.3 is 17.5 Å². The van der Waals surface area contributed by atoms with Crippen molar-refractivity contribution in [1.29, 1.82) is 0 Å². The van der Waals surface area contributed by atoms with Gasteiger partial charge in [0.1, 0.15) is 0 Å². The summed E-state index contributed by atoms with van der Waals surface area (Å²) in [5.74, 6) is -1.26. The minimum Gasteiger partial charge on any atom is -0.330 e. The van der Waals surface area contributed by atoms with Crippen LogP contribution in [0.15, 0.2) is 66.2 Å². The molecule has 0 saturated heterocycles. The van der Waals surface area contributed by atoms with E-state index in [-0.39, 0.29) is 5.97 Å².